The summed E-state index contributed by atoms with van der Waals surface area (Å²) >= 11 is 3.49. The van der Waals surface area contributed by atoms with Crippen LogP contribution >= 0.6 is 23.5 Å². The monoisotopic (exact) mass is 360 g/mol. The van der Waals surface area contributed by atoms with Crippen LogP contribution < -0.4 is 5.32 Å². The Bertz CT molecular complexity index is 617. The predicted molar refractivity (Wildman–Crippen MR) is 105 cm³/mol. The summed E-state index contributed by atoms with van der Waals surface area (Å²) in [5.74, 6) is 0.960. The highest BCUT2D eigenvalue weighted by Crippen LogP contribution is 2.16. The number of amides is 1. The van der Waals surface area contributed by atoms with Crippen molar-refractivity contribution in [1.82, 2.24) is 10.2 Å². The maximum Gasteiger partial charge on any atom is 0.234 e. The molecule has 1 amide bonds. The molecule has 0 fully saturated rings. The number of carbonyl (C=O) groups excluding carboxylic acids is 1. The Morgan fingerprint density at radius 2 is 1.75 bits per heavy atom. The van der Waals surface area contributed by atoms with Crippen molar-refractivity contribution in [2.24, 2.45) is 0 Å². The standard InChI is InChI=1S/C19H24N2OS2/c1-21(14-16-8-10-17(23-2)11-9-16)15-19(22)20-12-13-24-18-6-4-3-5-7-18/h3-11H,12-15H2,1-2H3,(H,20,22). The number of hydrogen-bond donors (Lipinski definition) is 1. The van der Waals surface area contributed by atoms with Crippen LogP contribution in [-0.2, 0) is 11.3 Å². The molecule has 0 aliphatic heterocycles. The maximum absolute atomic E-state index is 12.0. The van der Waals surface area contributed by atoms with Gasteiger partial charge in [0, 0.05) is 28.6 Å². The van der Waals surface area contributed by atoms with Crippen molar-refractivity contribution in [3.63, 3.8) is 0 Å². The van der Waals surface area contributed by atoms with Gasteiger partial charge in [-0.05, 0) is 43.1 Å². The zero-order valence-corrected chi connectivity index (χ0v) is 15.8. The molecule has 0 saturated carbocycles. The van der Waals surface area contributed by atoms with Crippen molar-refractivity contribution in [1.29, 1.82) is 0 Å². The minimum Gasteiger partial charge on any atom is -0.354 e. The fourth-order valence-electron chi connectivity index (χ4n) is 2.28. The van der Waals surface area contributed by atoms with Crippen molar-refractivity contribution in [2.45, 2.75) is 16.3 Å². The van der Waals surface area contributed by atoms with E-state index in [0.717, 1.165) is 12.3 Å². The van der Waals surface area contributed by atoms with Crippen molar-refractivity contribution in [3.05, 3.63) is 60.2 Å². The lowest BCUT2D eigenvalue weighted by molar-refractivity contribution is -0.121. The Balaban J connectivity index is 1.64. The third kappa shape index (κ3) is 6.99. The summed E-state index contributed by atoms with van der Waals surface area (Å²) in [6.07, 6.45) is 2.07. The molecule has 3 nitrogen and oxygen atoms in total. The summed E-state index contributed by atoms with van der Waals surface area (Å²) < 4.78 is 0. The minimum absolute atomic E-state index is 0.0758. The van der Waals surface area contributed by atoms with Gasteiger partial charge in [0.05, 0.1) is 6.54 Å². The van der Waals surface area contributed by atoms with Gasteiger partial charge in [0.2, 0.25) is 5.91 Å². The number of hydrogen-bond acceptors (Lipinski definition) is 4. The molecule has 5 heteroatoms. The van der Waals surface area contributed by atoms with Crippen LogP contribution in [0.25, 0.3) is 0 Å². The highest BCUT2D eigenvalue weighted by molar-refractivity contribution is 7.99. The summed E-state index contributed by atoms with van der Waals surface area (Å²) in [5, 5.41) is 2.98. The molecular formula is C19H24N2OS2. The Morgan fingerprint density at radius 1 is 1.04 bits per heavy atom. The molecule has 128 valence electrons. The lowest BCUT2D eigenvalue weighted by Gasteiger charge is -2.16. The molecule has 0 aliphatic rings. The van der Waals surface area contributed by atoms with E-state index in [2.05, 4.69) is 48.0 Å². The average molecular weight is 361 g/mol. The number of rotatable bonds is 9. The second kappa shape index (κ2) is 10.4. The predicted octanol–water partition coefficient (Wildman–Crippen LogP) is 3.75. The van der Waals surface area contributed by atoms with E-state index < -0.39 is 0 Å². The molecule has 0 radical (unpaired) electrons. The summed E-state index contributed by atoms with van der Waals surface area (Å²) in [6.45, 7) is 1.88. The highest BCUT2D eigenvalue weighted by Gasteiger charge is 2.07. The maximum atomic E-state index is 12.0. The zero-order chi connectivity index (χ0) is 17.2. The topological polar surface area (TPSA) is 32.3 Å². The van der Waals surface area contributed by atoms with Crippen LogP contribution in [0.2, 0.25) is 0 Å². The molecule has 0 atom stereocenters. The van der Waals surface area contributed by atoms with Gasteiger partial charge in [0.1, 0.15) is 0 Å². The Morgan fingerprint density at radius 3 is 2.42 bits per heavy atom. The lowest BCUT2D eigenvalue weighted by Crippen LogP contribution is -2.35. The number of benzene rings is 2. The van der Waals surface area contributed by atoms with Crippen LogP contribution in [0, 0.1) is 0 Å². The molecule has 0 bridgehead atoms. The van der Waals surface area contributed by atoms with Crippen LogP contribution in [0.5, 0.6) is 0 Å². The van der Waals surface area contributed by atoms with Crippen molar-refractivity contribution in [2.75, 3.05) is 32.1 Å². The van der Waals surface area contributed by atoms with Crippen molar-refractivity contribution in [3.8, 4) is 0 Å². The number of nitrogens with one attached hydrogen (secondary N) is 1. The quantitative estimate of drug-likeness (QED) is 0.545. The van der Waals surface area contributed by atoms with Gasteiger partial charge in [-0.2, -0.15) is 0 Å². The van der Waals surface area contributed by atoms with Crippen molar-refractivity contribution < 1.29 is 4.79 Å². The third-order valence-electron chi connectivity index (χ3n) is 3.46. The van der Waals surface area contributed by atoms with E-state index >= 15 is 0 Å². The normalized spacial score (nSPS) is 10.8. The zero-order valence-electron chi connectivity index (χ0n) is 14.2. The number of carbonyl (C=O) groups is 1. The van der Waals surface area contributed by atoms with Crippen LogP contribution in [-0.4, -0.2) is 43.0 Å². The second-order valence-corrected chi connectivity index (χ2v) is 7.58. The Kier molecular flexibility index (Phi) is 8.22. The summed E-state index contributed by atoms with van der Waals surface area (Å²) in [6, 6.07) is 18.7. The number of nitrogens with zero attached hydrogens (tertiary/aromatic N) is 1. The first-order chi connectivity index (χ1) is 11.7. The molecule has 0 aliphatic carbocycles. The molecule has 2 aromatic carbocycles. The van der Waals surface area contributed by atoms with Gasteiger partial charge in [-0.1, -0.05) is 30.3 Å². The van der Waals surface area contributed by atoms with E-state index in [9.17, 15) is 4.79 Å². The highest BCUT2D eigenvalue weighted by atomic mass is 32.2. The van der Waals surface area contributed by atoms with Crippen LogP contribution in [0.15, 0.2) is 64.4 Å². The van der Waals surface area contributed by atoms with Crippen LogP contribution in [0.3, 0.4) is 0 Å². The molecule has 0 aromatic heterocycles. The lowest BCUT2D eigenvalue weighted by atomic mass is 10.2. The van der Waals surface area contributed by atoms with E-state index in [1.807, 2.05) is 30.1 Å². The van der Waals surface area contributed by atoms with Gasteiger partial charge in [-0.15, -0.1) is 23.5 Å². The van der Waals surface area contributed by atoms with E-state index in [-0.39, 0.29) is 5.91 Å². The van der Waals surface area contributed by atoms with Crippen LogP contribution in [0.1, 0.15) is 5.56 Å². The molecule has 0 saturated heterocycles. The Hall–Kier alpha value is -1.43. The molecular weight excluding hydrogens is 336 g/mol. The number of likely N-dealkylation sites (N-methyl/N-ethyl adjacent to an activating group) is 1. The van der Waals surface area contributed by atoms with Gasteiger partial charge in [0.25, 0.3) is 0 Å². The van der Waals surface area contributed by atoms with Gasteiger partial charge >= 0.3 is 0 Å². The Labute approximate surface area is 153 Å². The second-order valence-electron chi connectivity index (χ2n) is 5.53. The summed E-state index contributed by atoms with van der Waals surface area (Å²) in [7, 11) is 1.97. The van der Waals surface area contributed by atoms with Gasteiger partial charge in [-0.3, -0.25) is 9.69 Å². The smallest absolute Gasteiger partial charge is 0.234 e. The van der Waals surface area contributed by atoms with Crippen LogP contribution in [0.4, 0.5) is 0 Å². The first-order valence-electron chi connectivity index (χ1n) is 7.93. The van der Waals surface area contributed by atoms with E-state index in [0.29, 0.717) is 13.1 Å². The molecule has 2 rings (SSSR count). The van der Waals surface area contributed by atoms with Gasteiger partial charge in [0.15, 0.2) is 0 Å². The summed E-state index contributed by atoms with van der Waals surface area (Å²) in [5.41, 5.74) is 1.22. The molecule has 0 unspecified atom stereocenters. The number of thioether (sulfide) groups is 2. The van der Waals surface area contributed by atoms with Gasteiger partial charge < -0.3 is 5.32 Å². The largest absolute Gasteiger partial charge is 0.354 e. The SMILES string of the molecule is CSc1ccc(CN(C)CC(=O)NCCSc2ccccc2)cc1. The molecule has 24 heavy (non-hydrogen) atoms. The average Bonchev–Trinajstić information content (AvgIpc) is 2.60. The summed E-state index contributed by atoms with van der Waals surface area (Å²) in [4.78, 5) is 16.5. The molecule has 0 spiro atoms. The first kappa shape index (κ1) is 18.9. The molecule has 1 N–H and O–H groups in total. The van der Waals surface area contributed by atoms with E-state index in [1.54, 1.807) is 23.5 Å². The van der Waals surface area contributed by atoms with Gasteiger partial charge in [-0.25, -0.2) is 0 Å². The van der Waals surface area contributed by atoms with Crippen molar-refractivity contribution >= 4 is 29.4 Å². The fourth-order valence-corrected chi connectivity index (χ4v) is 3.47. The third-order valence-corrected chi connectivity index (χ3v) is 5.22. The molecule has 0 heterocycles. The van der Waals surface area contributed by atoms with E-state index in [4.69, 9.17) is 0 Å². The first-order valence-corrected chi connectivity index (χ1v) is 10.1. The fraction of sp³-hybridized carbons (Fsp3) is 0.316. The minimum atomic E-state index is 0.0758. The molecule has 2 aromatic rings. The van der Waals surface area contributed by atoms with E-state index in [1.165, 1.54) is 15.4 Å².